The van der Waals surface area contributed by atoms with Crippen molar-refractivity contribution in [3.05, 3.63) is 41.0 Å². The van der Waals surface area contributed by atoms with Gasteiger partial charge in [-0.05, 0) is 24.1 Å². The standard InChI is InChI=1S/C17H23ClN6O/c18-15-3-1-14(2-4-15)5-6-19-16-13-21-23-17(22-16)20-7-8-24-9-11-25-12-10-24/h1-4,13H,5-12H2,(H2,19,20,22,23). The Morgan fingerprint density at radius 2 is 1.88 bits per heavy atom. The highest BCUT2D eigenvalue weighted by Crippen LogP contribution is 2.10. The third kappa shape index (κ3) is 6.12. The van der Waals surface area contributed by atoms with Crippen molar-refractivity contribution < 1.29 is 4.74 Å². The smallest absolute Gasteiger partial charge is 0.244 e. The third-order valence-electron chi connectivity index (χ3n) is 4.01. The molecule has 1 aliphatic heterocycles. The van der Waals surface area contributed by atoms with E-state index in [9.17, 15) is 0 Å². The molecule has 0 unspecified atom stereocenters. The fraction of sp³-hybridized carbons (Fsp3) is 0.471. The number of nitrogens with zero attached hydrogens (tertiary/aromatic N) is 4. The zero-order chi connectivity index (χ0) is 17.3. The van der Waals surface area contributed by atoms with Crippen molar-refractivity contribution in [2.75, 3.05) is 56.6 Å². The Bertz CT molecular complexity index is 648. The summed E-state index contributed by atoms with van der Waals surface area (Å²) in [6.07, 6.45) is 2.52. The van der Waals surface area contributed by atoms with Gasteiger partial charge >= 0.3 is 0 Å². The van der Waals surface area contributed by atoms with Crippen molar-refractivity contribution in [1.29, 1.82) is 0 Å². The van der Waals surface area contributed by atoms with Crippen LogP contribution in [0.1, 0.15) is 5.56 Å². The molecule has 1 saturated heterocycles. The van der Waals surface area contributed by atoms with Crippen molar-refractivity contribution in [2.45, 2.75) is 6.42 Å². The van der Waals surface area contributed by atoms with Gasteiger partial charge in [0.1, 0.15) is 0 Å². The van der Waals surface area contributed by atoms with Crippen LogP contribution in [0, 0.1) is 0 Å². The summed E-state index contributed by atoms with van der Waals surface area (Å²) in [5.74, 6) is 1.27. The Labute approximate surface area is 152 Å². The van der Waals surface area contributed by atoms with Gasteiger partial charge in [0.25, 0.3) is 0 Å². The quantitative estimate of drug-likeness (QED) is 0.743. The fourth-order valence-corrected chi connectivity index (χ4v) is 2.73. The van der Waals surface area contributed by atoms with Gasteiger partial charge in [0, 0.05) is 37.7 Å². The van der Waals surface area contributed by atoms with E-state index in [1.54, 1.807) is 6.20 Å². The van der Waals surface area contributed by atoms with Crippen LogP contribution in [0.5, 0.6) is 0 Å². The number of ether oxygens (including phenoxy) is 1. The Kier molecular flexibility index (Phi) is 6.79. The maximum absolute atomic E-state index is 5.89. The molecule has 0 saturated carbocycles. The lowest BCUT2D eigenvalue weighted by molar-refractivity contribution is 0.0398. The SMILES string of the molecule is Clc1ccc(CCNc2cnnc(NCCN3CCOCC3)n2)cc1. The Morgan fingerprint density at radius 1 is 1.08 bits per heavy atom. The second-order valence-corrected chi connectivity index (χ2v) is 6.29. The van der Waals surface area contributed by atoms with Gasteiger partial charge in [0.15, 0.2) is 5.82 Å². The average Bonchev–Trinajstić information content (AvgIpc) is 2.65. The summed E-state index contributed by atoms with van der Waals surface area (Å²) >= 11 is 5.89. The topological polar surface area (TPSA) is 75.2 Å². The number of hydrogen-bond acceptors (Lipinski definition) is 7. The number of anilines is 2. The van der Waals surface area contributed by atoms with Crippen LogP contribution in [0.25, 0.3) is 0 Å². The maximum atomic E-state index is 5.89. The number of hydrogen-bond donors (Lipinski definition) is 2. The summed E-state index contributed by atoms with van der Waals surface area (Å²) in [5.41, 5.74) is 1.22. The summed E-state index contributed by atoms with van der Waals surface area (Å²) in [6.45, 7) is 6.08. The second kappa shape index (κ2) is 9.50. The van der Waals surface area contributed by atoms with Crippen LogP contribution in [0.4, 0.5) is 11.8 Å². The van der Waals surface area contributed by atoms with Gasteiger partial charge in [-0.25, -0.2) is 0 Å². The molecule has 0 atom stereocenters. The predicted molar refractivity (Wildman–Crippen MR) is 99.2 cm³/mol. The lowest BCUT2D eigenvalue weighted by Gasteiger charge is -2.26. The molecule has 2 aromatic rings. The van der Waals surface area contributed by atoms with Gasteiger partial charge in [-0.1, -0.05) is 23.7 Å². The minimum absolute atomic E-state index is 0.546. The molecule has 0 radical (unpaired) electrons. The van der Waals surface area contributed by atoms with E-state index < -0.39 is 0 Å². The molecular formula is C17H23ClN6O. The molecule has 1 aromatic carbocycles. The maximum Gasteiger partial charge on any atom is 0.244 e. The molecule has 7 nitrogen and oxygen atoms in total. The third-order valence-corrected chi connectivity index (χ3v) is 4.26. The summed E-state index contributed by atoms with van der Waals surface area (Å²) < 4.78 is 5.34. The first-order valence-corrected chi connectivity index (χ1v) is 8.89. The van der Waals surface area contributed by atoms with E-state index in [-0.39, 0.29) is 0 Å². The minimum Gasteiger partial charge on any atom is -0.379 e. The van der Waals surface area contributed by atoms with E-state index in [0.717, 1.165) is 63.2 Å². The van der Waals surface area contributed by atoms with Crippen molar-refractivity contribution >= 4 is 23.4 Å². The van der Waals surface area contributed by atoms with Crippen LogP contribution in [-0.2, 0) is 11.2 Å². The zero-order valence-electron chi connectivity index (χ0n) is 14.1. The highest BCUT2D eigenvalue weighted by Gasteiger charge is 2.09. The summed E-state index contributed by atoms with van der Waals surface area (Å²) in [5, 5.41) is 15.3. The largest absolute Gasteiger partial charge is 0.379 e. The molecule has 134 valence electrons. The van der Waals surface area contributed by atoms with Crippen molar-refractivity contribution in [1.82, 2.24) is 20.1 Å². The molecule has 1 fully saturated rings. The van der Waals surface area contributed by atoms with Crippen LogP contribution < -0.4 is 10.6 Å². The van der Waals surface area contributed by atoms with E-state index in [2.05, 4.69) is 30.7 Å². The highest BCUT2D eigenvalue weighted by molar-refractivity contribution is 6.30. The first-order valence-electron chi connectivity index (χ1n) is 8.51. The van der Waals surface area contributed by atoms with Crippen molar-refractivity contribution in [2.24, 2.45) is 0 Å². The summed E-state index contributed by atoms with van der Waals surface area (Å²) in [7, 11) is 0. The van der Waals surface area contributed by atoms with Gasteiger partial charge in [0.2, 0.25) is 5.95 Å². The van der Waals surface area contributed by atoms with E-state index in [0.29, 0.717) is 5.95 Å². The minimum atomic E-state index is 0.546. The molecular weight excluding hydrogens is 340 g/mol. The van der Waals surface area contributed by atoms with Crippen LogP contribution >= 0.6 is 11.6 Å². The van der Waals surface area contributed by atoms with Gasteiger partial charge in [-0.2, -0.15) is 10.1 Å². The Balaban J connectivity index is 1.40. The lowest BCUT2D eigenvalue weighted by Crippen LogP contribution is -2.39. The molecule has 2 N–H and O–H groups in total. The predicted octanol–water partition coefficient (Wildman–Crippen LogP) is 1.92. The van der Waals surface area contributed by atoms with Gasteiger partial charge in [0.05, 0.1) is 19.4 Å². The van der Waals surface area contributed by atoms with Crippen LogP contribution in [0.3, 0.4) is 0 Å². The molecule has 2 heterocycles. The molecule has 0 spiro atoms. The number of halogens is 1. The van der Waals surface area contributed by atoms with E-state index >= 15 is 0 Å². The molecule has 0 bridgehead atoms. The number of nitrogens with one attached hydrogen (secondary N) is 2. The Hall–Kier alpha value is -1.96. The molecule has 0 aliphatic carbocycles. The monoisotopic (exact) mass is 362 g/mol. The molecule has 0 amide bonds. The van der Waals surface area contributed by atoms with Gasteiger partial charge in [-0.3, -0.25) is 4.90 Å². The van der Waals surface area contributed by atoms with Crippen LogP contribution in [-0.4, -0.2) is 66.0 Å². The van der Waals surface area contributed by atoms with Crippen molar-refractivity contribution in [3.63, 3.8) is 0 Å². The second-order valence-electron chi connectivity index (χ2n) is 5.85. The number of rotatable bonds is 8. The number of aromatic nitrogens is 3. The first kappa shape index (κ1) is 17.8. The first-order chi connectivity index (χ1) is 12.3. The van der Waals surface area contributed by atoms with Crippen molar-refractivity contribution in [3.8, 4) is 0 Å². The molecule has 8 heteroatoms. The molecule has 1 aliphatic rings. The number of morpholine rings is 1. The highest BCUT2D eigenvalue weighted by atomic mass is 35.5. The molecule has 3 rings (SSSR count). The zero-order valence-corrected chi connectivity index (χ0v) is 14.9. The van der Waals surface area contributed by atoms with Crippen LogP contribution in [0.2, 0.25) is 5.02 Å². The molecule has 1 aromatic heterocycles. The summed E-state index contributed by atoms with van der Waals surface area (Å²) in [6, 6.07) is 7.86. The fourth-order valence-electron chi connectivity index (χ4n) is 2.60. The lowest BCUT2D eigenvalue weighted by atomic mass is 10.1. The van der Waals surface area contributed by atoms with Gasteiger partial charge < -0.3 is 15.4 Å². The number of benzene rings is 1. The Morgan fingerprint density at radius 3 is 2.68 bits per heavy atom. The van der Waals surface area contributed by atoms with E-state index in [4.69, 9.17) is 16.3 Å². The summed E-state index contributed by atoms with van der Waals surface area (Å²) in [4.78, 5) is 6.80. The molecule has 25 heavy (non-hydrogen) atoms. The van der Waals surface area contributed by atoms with E-state index in [1.165, 1.54) is 5.56 Å². The average molecular weight is 363 g/mol. The van der Waals surface area contributed by atoms with Crippen LogP contribution in [0.15, 0.2) is 30.5 Å². The normalized spacial score (nSPS) is 15.1. The van der Waals surface area contributed by atoms with Gasteiger partial charge in [-0.15, -0.1) is 5.10 Å². The van der Waals surface area contributed by atoms with E-state index in [1.807, 2.05) is 24.3 Å².